The van der Waals surface area contributed by atoms with Gasteiger partial charge in [-0.2, -0.15) is 0 Å². The summed E-state index contributed by atoms with van der Waals surface area (Å²) >= 11 is 0. The summed E-state index contributed by atoms with van der Waals surface area (Å²) < 4.78 is 1.20. The minimum atomic E-state index is 0.0107. The van der Waals surface area contributed by atoms with Crippen molar-refractivity contribution in [3.05, 3.63) is 95.1 Å². The fourth-order valence-electron chi connectivity index (χ4n) is 5.54. The molecule has 0 bridgehead atoms. The van der Waals surface area contributed by atoms with Gasteiger partial charge in [-0.05, 0) is 85.6 Å². The molecular formula is C31H35N2O+. The fraction of sp³-hybridized carbons (Fsp3) is 0.323. The third-order valence-electron chi connectivity index (χ3n) is 7.70. The Balaban J connectivity index is 1.27. The van der Waals surface area contributed by atoms with Crippen molar-refractivity contribution in [1.82, 2.24) is 0 Å². The Bertz CT molecular complexity index is 1170. The number of carbonyl (C=O) groups excluding carboxylic acids is 1. The van der Waals surface area contributed by atoms with Crippen LogP contribution in [0.5, 0.6) is 0 Å². The second-order valence-electron chi connectivity index (χ2n) is 9.92. The van der Waals surface area contributed by atoms with E-state index in [-0.39, 0.29) is 5.91 Å². The van der Waals surface area contributed by atoms with Crippen LogP contribution in [-0.2, 0) is 17.8 Å². The number of fused-ring (bicyclic) bond motifs is 1. The van der Waals surface area contributed by atoms with Crippen molar-refractivity contribution in [3.8, 4) is 11.1 Å². The van der Waals surface area contributed by atoms with Crippen LogP contribution >= 0.6 is 0 Å². The van der Waals surface area contributed by atoms with Crippen LogP contribution in [0.1, 0.15) is 49.3 Å². The molecule has 1 aliphatic carbocycles. The monoisotopic (exact) mass is 451 g/mol. The number of anilines is 1. The summed E-state index contributed by atoms with van der Waals surface area (Å²) in [6, 6.07) is 25.5. The van der Waals surface area contributed by atoms with Gasteiger partial charge < -0.3 is 9.80 Å². The number of carbonyl (C=O) groups is 1. The molecular weight excluding hydrogens is 416 g/mol. The molecule has 0 radical (unpaired) electrons. The molecule has 0 saturated carbocycles. The second-order valence-corrected chi connectivity index (χ2v) is 9.92. The summed E-state index contributed by atoms with van der Waals surface area (Å²) in [6.07, 6.45) is 7.80. The molecule has 1 saturated heterocycles. The molecule has 1 N–H and O–H groups in total. The summed E-state index contributed by atoms with van der Waals surface area (Å²) in [5.74, 6) is 0.0107. The van der Waals surface area contributed by atoms with E-state index in [0.29, 0.717) is 0 Å². The molecule has 2 aliphatic rings. The average Bonchev–Trinajstić information content (AvgIpc) is 2.90. The topological polar surface area (TPSA) is 29.1 Å². The van der Waals surface area contributed by atoms with E-state index >= 15 is 0 Å². The summed E-state index contributed by atoms with van der Waals surface area (Å²) in [5, 5.41) is 3.13. The maximum atomic E-state index is 13.0. The molecule has 0 atom stereocenters. The Labute approximate surface area is 203 Å². The molecule has 3 aromatic carbocycles. The Kier molecular flexibility index (Phi) is 6.64. The first kappa shape index (κ1) is 22.6. The SMILES string of the molecule is CC[N+]1(Cc2ccc(NC(=O)C3=Cc4cc(-c5ccccc5)ccc4CC3)cc2)CCCCC1. The third-order valence-corrected chi connectivity index (χ3v) is 7.70. The molecule has 1 heterocycles. The van der Waals surface area contributed by atoms with E-state index < -0.39 is 0 Å². The molecule has 0 aromatic heterocycles. The van der Waals surface area contributed by atoms with Crippen LogP contribution in [0, 0.1) is 0 Å². The van der Waals surface area contributed by atoms with Crippen LogP contribution in [0.25, 0.3) is 17.2 Å². The van der Waals surface area contributed by atoms with Crippen molar-refractivity contribution in [2.75, 3.05) is 25.0 Å². The molecule has 3 nitrogen and oxygen atoms in total. The maximum absolute atomic E-state index is 13.0. The van der Waals surface area contributed by atoms with E-state index in [9.17, 15) is 4.79 Å². The van der Waals surface area contributed by atoms with E-state index in [1.807, 2.05) is 6.07 Å². The number of rotatable bonds is 6. The highest BCUT2D eigenvalue weighted by Gasteiger charge is 2.28. The van der Waals surface area contributed by atoms with Crippen molar-refractivity contribution in [1.29, 1.82) is 0 Å². The Morgan fingerprint density at radius 2 is 1.62 bits per heavy atom. The number of aryl methyl sites for hydroxylation is 1. The number of piperidine rings is 1. The van der Waals surface area contributed by atoms with Gasteiger partial charge in [-0.15, -0.1) is 0 Å². The molecule has 0 spiro atoms. The summed E-state index contributed by atoms with van der Waals surface area (Å²) in [6.45, 7) is 7.18. The zero-order valence-electron chi connectivity index (χ0n) is 20.2. The van der Waals surface area contributed by atoms with Gasteiger partial charge in [-0.1, -0.05) is 54.6 Å². The molecule has 3 aromatic rings. The van der Waals surface area contributed by atoms with Gasteiger partial charge in [0.2, 0.25) is 0 Å². The molecule has 1 aliphatic heterocycles. The number of nitrogens with one attached hydrogen (secondary N) is 1. The molecule has 3 heteroatoms. The summed E-state index contributed by atoms with van der Waals surface area (Å²) in [5.41, 5.74) is 7.95. The first-order chi connectivity index (χ1) is 16.6. The van der Waals surface area contributed by atoms with Gasteiger partial charge in [0.05, 0.1) is 19.6 Å². The van der Waals surface area contributed by atoms with Crippen LogP contribution in [0.15, 0.2) is 78.4 Å². The lowest BCUT2D eigenvalue weighted by molar-refractivity contribution is -0.943. The van der Waals surface area contributed by atoms with Crippen molar-refractivity contribution in [3.63, 3.8) is 0 Å². The lowest BCUT2D eigenvalue weighted by atomic mass is 9.89. The van der Waals surface area contributed by atoms with Gasteiger partial charge >= 0.3 is 0 Å². The van der Waals surface area contributed by atoms with Gasteiger partial charge in [-0.3, -0.25) is 4.79 Å². The first-order valence-corrected chi connectivity index (χ1v) is 12.8. The lowest BCUT2D eigenvalue weighted by Gasteiger charge is -2.41. The number of benzene rings is 3. The van der Waals surface area contributed by atoms with Gasteiger partial charge in [0, 0.05) is 16.8 Å². The lowest BCUT2D eigenvalue weighted by Crippen LogP contribution is -2.50. The Morgan fingerprint density at radius 3 is 2.35 bits per heavy atom. The quantitative estimate of drug-likeness (QED) is 0.408. The second kappa shape index (κ2) is 9.99. The number of amides is 1. The number of nitrogens with zero attached hydrogens (tertiary/aromatic N) is 1. The van der Waals surface area contributed by atoms with E-state index in [1.54, 1.807) is 0 Å². The highest BCUT2D eigenvalue weighted by molar-refractivity contribution is 6.07. The summed E-state index contributed by atoms with van der Waals surface area (Å²) in [7, 11) is 0. The number of hydrogen-bond donors (Lipinski definition) is 1. The van der Waals surface area contributed by atoms with Crippen molar-refractivity contribution < 1.29 is 9.28 Å². The molecule has 1 fully saturated rings. The van der Waals surface area contributed by atoms with Crippen LogP contribution in [0.3, 0.4) is 0 Å². The van der Waals surface area contributed by atoms with Gasteiger partial charge in [0.15, 0.2) is 0 Å². The van der Waals surface area contributed by atoms with E-state index in [2.05, 4.69) is 85.0 Å². The smallest absolute Gasteiger partial charge is 0.251 e. The predicted molar refractivity (Wildman–Crippen MR) is 141 cm³/mol. The highest BCUT2D eigenvalue weighted by atomic mass is 16.1. The predicted octanol–water partition coefficient (Wildman–Crippen LogP) is 6.84. The van der Waals surface area contributed by atoms with Crippen molar-refractivity contribution in [2.45, 2.75) is 45.6 Å². The van der Waals surface area contributed by atoms with Crippen molar-refractivity contribution >= 4 is 17.7 Å². The molecule has 174 valence electrons. The first-order valence-electron chi connectivity index (χ1n) is 12.8. The molecule has 5 rings (SSSR count). The zero-order valence-corrected chi connectivity index (χ0v) is 20.2. The molecule has 34 heavy (non-hydrogen) atoms. The van der Waals surface area contributed by atoms with E-state index in [4.69, 9.17) is 0 Å². The maximum Gasteiger partial charge on any atom is 0.251 e. The van der Waals surface area contributed by atoms with Crippen LogP contribution in [0.2, 0.25) is 0 Å². The largest absolute Gasteiger partial charge is 0.322 e. The standard InChI is InChI=1S/C31H34N2O/c1-2-33(19-7-4-8-20-33)23-24-11-17-30(18-12-24)32-31(34)28-16-14-26-13-15-27(21-29(26)22-28)25-9-5-3-6-10-25/h3,5-6,9-13,15,17-18,21-22H,2,4,7-8,14,16,19-20,23H2,1H3/p+1. The van der Waals surface area contributed by atoms with Gasteiger partial charge in [-0.25, -0.2) is 0 Å². The Hall–Kier alpha value is -3.17. The van der Waals surface area contributed by atoms with Gasteiger partial charge in [0.25, 0.3) is 5.91 Å². The Morgan fingerprint density at radius 1 is 0.853 bits per heavy atom. The average molecular weight is 452 g/mol. The number of hydrogen-bond acceptors (Lipinski definition) is 1. The van der Waals surface area contributed by atoms with E-state index in [1.165, 1.54) is 65.6 Å². The minimum absolute atomic E-state index is 0.0107. The van der Waals surface area contributed by atoms with Crippen LogP contribution in [0.4, 0.5) is 5.69 Å². The van der Waals surface area contributed by atoms with Crippen LogP contribution < -0.4 is 5.32 Å². The molecule has 1 amide bonds. The zero-order chi connectivity index (χ0) is 23.4. The van der Waals surface area contributed by atoms with Gasteiger partial charge in [0.1, 0.15) is 6.54 Å². The summed E-state index contributed by atoms with van der Waals surface area (Å²) in [4.78, 5) is 13.0. The van der Waals surface area contributed by atoms with Crippen LogP contribution in [-0.4, -0.2) is 30.0 Å². The number of quaternary nitrogens is 1. The number of likely N-dealkylation sites (tertiary alicyclic amines) is 1. The third kappa shape index (κ3) is 5.00. The fourth-order valence-corrected chi connectivity index (χ4v) is 5.54. The molecule has 0 unspecified atom stereocenters. The highest BCUT2D eigenvalue weighted by Crippen LogP contribution is 2.30. The normalized spacial score (nSPS) is 16.9. The van der Waals surface area contributed by atoms with Crippen molar-refractivity contribution in [2.24, 2.45) is 0 Å². The minimum Gasteiger partial charge on any atom is -0.322 e. The van der Waals surface area contributed by atoms with E-state index in [0.717, 1.165) is 36.2 Å².